The van der Waals surface area contributed by atoms with Gasteiger partial charge in [-0.05, 0) is 31.2 Å². The second-order valence-electron chi connectivity index (χ2n) is 5.60. The van der Waals surface area contributed by atoms with Crippen molar-refractivity contribution in [3.05, 3.63) is 57.6 Å². The number of para-hydroxylation sites is 1. The van der Waals surface area contributed by atoms with Crippen LogP contribution in [0, 0.1) is 17.0 Å². The molecule has 0 saturated heterocycles. The summed E-state index contributed by atoms with van der Waals surface area (Å²) in [5.74, 6) is -0.650. The molecule has 0 aliphatic heterocycles. The lowest BCUT2D eigenvalue weighted by atomic mass is 10.1. The summed E-state index contributed by atoms with van der Waals surface area (Å²) in [6.07, 6.45) is 1.11. The van der Waals surface area contributed by atoms with Gasteiger partial charge in [-0.25, -0.2) is 13.4 Å². The van der Waals surface area contributed by atoms with E-state index in [1.165, 1.54) is 18.2 Å². The van der Waals surface area contributed by atoms with E-state index in [4.69, 9.17) is 0 Å². The highest BCUT2D eigenvalue weighted by molar-refractivity contribution is 7.90. The van der Waals surface area contributed by atoms with E-state index >= 15 is 0 Å². The molecule has 134 valence electrons. The Morgan fingerprint density at radius 2 is 2.00 bits per heavy atom. The van der Waals surface area contributed by atoms with E-state index in [1.54, 1.807) is 25.1 Å². The number of hydrogen-bond acceptors (Lipinski definition) is 7. The number of thiazole rings is 1. The van der Waals surface area contributed by atoms with Crippen LogP contribution in [0.5, 0.6) is 0 Å². The minimum Gasteiger partial charge on any atom is -0.298 e. The third-order valence-electron chi connectivity index (χ3n) is 3.67. The molecule has 1 heterocycles. The average molecular weight is 391 g/mol. The molecule has 0 unspecified atom stereocenters. The first-order valence-corrected chi connectivity index (χ1v) is 10.0. The number of carbonyl (C=O) groups excluding carboxylic acids is 1. The Balaban J connectivity index is 1.96. The van der Waals surface area contributed by atoms with Crippen LogP contribution in [0.15, 0.2) is 41.3 Å². The molecule has 10 heteroatoms. The van der Waals surface area contributed by atoms with Gasteiger partial charge in [-0.1, -0.05) is 23.5 Å². The molecular formula is C16H13N3O5S2. The fraction of sp³-hybridized carbons (Fsp3) is 0.125. The SMILES string of the molecule is Cc1cccc(C(=O)Nc2nc3ccc(S(C)(=O)=O)cc3s2)c1[N+](=O)[O-]. The summed E-state index contributed by atoms with van der Waals surface area (Å²) in [5.41, 5.74) is 0.581. The summed E-state index contributed by atoms with van der Waals surface area (Å²) in [5, 5.41) is 14.0. The van der Waals surface area contributed by atoms with Gasteiger partial charge in [0, 0.05) is 11.8 Å². The summed E-state index contributed by atoms with van der Waals surface area (Å²) < 4.78 is 23.8. The molecule has 0 aliphatic rings. The monoisotopic (exact) mass is 391 g/mol. The second-order valence-corrected chi connectivity index (χ2v) is 8.65. The van der Waals surface area contributed by atoms with Crippen molar-refractivity contribution in [2.24, 2.45) is 0 Å². The van der Waals surface area contributed by atoms with Gasteiger partial charge in [0.05, 0.1) is 20.0 Å². The normalized spacial score (nSPS) is 11.5. The second kappa shape index (κ2) is 6.46. The summed E-state index contributed by atoms with van der Waals surface area (Å²) in [6.45, 7) is 1.55. The molecule has 0 atom stereocenters. The van der Waals surface area contributed by atoms with E-state index in [2.05, 4.69) is 10.3 Å². The van der Waals surface area contributed by atoms with Crippen molar-refractivity contribution in [1.29, 1.82) is 0 Å². The summed E-state index contributed by atoms with van der Waals surface area (Å²) in [6, 6.07) is 8.96. The fourth-order valence-corrected chi connectivity index (χ4v) is 4.06. The maximum Gasteiger partial charge on any atom is 0.285 e. The Hall–Kier alpha value is -2.85. The van der Waals surface area contributed by atoms with Crippen molar-refractivity contribution in [3.8, 4) is 0 Å². The number of nitro groups is 1. The first-order valence-electron chi connectivity index (χ1n) is 7.33. The van der Waals surface area contributed by atoms with E-state index in [0.29, 0.717) is 15.8 Å². The molecule has 1 amide bonds. The number of hydrogen-bond donors (Lipinski definition) is 1. The van der Waals surface area contributed by atoms with E-state index < -0.39 is 20.7 Å². The predicted octanol–water partition coefficient (Wildman–Crippen LogP) is 3.17. The molecule has 3 aromatic rings. The number of anilines is 1. The number of aryl methyl sites for hydroxylation is 1. The van der Waals surface area contributed by atoms with Gasteiger partial charge in [0.15, 0.2) is 15.0 Å². The molecule has 0 bridgehead atoms. The summed E-state index contributed by atoms with van der Waals surface area (Å²) >= 11 is 1.09. The lowest BCUT2D eigenvalue weighted by Crippen LogP contribution is -2.14. The van der Waals surface area contributed by atoms with Gasteiger partial charge in [-0.3, -0.25) is 20.2 Å². The van der Waals surface area contributed by atoms with Crippen LogP contribution in [0.4, 0.5) is 10.8 Å². The van der Waals surface area contributed by atoms with Gasteiger partial charge >= 0.3 is 0 Å². The Morgan fingerprint density at radius 3 is 2.65 bits per heavy atom. The van der Waals surface area contributed by atoms with Gasteiger partial charge in [0.25, 0.3) is 11.6 Å². The number of fused-ring (bicyclic) bond motifs is 1. The number of sulfone groups is 1. The highest BCUT2D eigenvalue weighted by atomic mass is 32.2. The largest absolute Gasteiger partial charge is 0.298 e. The zero-order chi connectivity index (χ0) is 19.1. The Bertz CT molecular complexity index is 1150. The van der Waals surface area contributed by atoms with Crippen LogP contribution >= 0.6 is 11.3 Å². The van der Waals surface area contributed by atoms with Crippen LogP contribution in [0.2, 0.25) is 0 Å². The number of carbonyl (C=O) groups is 1. The van der Waals surface area contributed by atoms with Crippen LogP contribution in [0.25, 0.3) is 10.2 Å². The quantitative estimate of drug-likeness (QED) is 0.539. The van der Waals surface area contributed by atoms with E-state index in [-0.39, 0.29) is 21.3 Å². The van der Waals surface area contributed by atoms with Gasteiger partial charge in [-0.15, -0.1) is 0 Å². The molecule has 8 nitrogen and oxygen atoms in total. The lowest BCUT2D eigenvalue weighted by molar-refractivity contribution is -0.385. The molecule has 3 rings (SSSR count). The molecule has 1 N–H and O–H groups in total. The van der Waals surface area contributed by atoms with Crippen molar-refractivity contribution in [2.75, 3.05) is 11.6 Å². The van der Waals surface area contributed by atoms with Gasteiger partial charge in [0.2, 0.25) is 0 Å². The summed E-state index contributed by atoms with van der Waals surface area (Å²) in [7, 11) is -3.35. The van der Waals surface area contributed by atoms with Gasteiger partial charge < -0.3 is 0 Å². The van der Waals surface area contributed by atoms with E-state index in [0.717, 1.165) is 17.6 Å². The fourth-order valence-electron chi connectivity index (χ4n) is 2.44. The lowest BCUT2D eigenvalue weighted by Gasteiger charge is -2.04. The summed E-state index contributed by atoms with van der Waals surface area (Å²) in [4.78, 5) is 27.5. The molecule has 0 spiro atoms. The number of rotatable bonds is 4. The van der Waals surface area contributed by atoms with Crippen LogP contribution in [0.1, 0.15) is 15.9 Å². The van der Waals surface area contributed by atoms with Crippen molar-refractivity contribution in [1.82, 2.24) is 4.98 Å². The molecule has 0 radical (unpaired) electrons. The van der Waals surface area contributed by atoms with E-state index in [9.17, 15) is 23.3 Å². The van der Waals surface area contributed by atoms with Crippen LogP contribution < -0.4 is 5.32 Å². The number of amides is 1. The van der Waals surface area contributed by atoms with Crippen molar-refractivity contribution in [3.63, 3.8) is 0 Å². The molecular weight excluding hydrogens is 378 g/mol. The van der Waals surface area contributed by atoms with Gasteiger partial charge in [-0.2, -0.15) is 0 Å². The van der Waals surface area contributed by atoms with Crippen molar-refractivity contribution >= 4 is 48.1 Å². The molecule has 0 fully saturated rings. The maximum atomic E-state index is 12.4. The standard InChI is InChI=1S/C16H13N3O5S2/c1-9-4-3-5-11(14(9)19(21)22)15(20)18-16-17-12-7-6-10(26(2,23)24)8-13(12)25-16/h3-8H,1-2H3,(H,17,18,20). The Morgan fingerprint density at radius 1 is 1.27 bits per heavy atom. The Labute approximate surface area is 152 Å². The molecule has 0 saturated carbocycles. The first kappa shape index (κ1) is 18.0. The molecule has 1 aromatic heterocycles. The minimum atomic E-state index is -3.35. The molecule has 26 heavy (non-hydrogen) atoms. The van der Waals surface area contributed by atoms with Crippen LogP contribution in [0.3, 0.4) is 0 Å². The number of nitrogens with one attached hydrogen (secondary N) is 1. The molecule has 2 aromatic carbocycles. The highest BCUT2D eigenvalue weighted by Gasteiger charge is 2.23. The molecule has 0 aliphatic carbocycles. The number of benzene rings is 2. The van der Waals surface area contributed by atoms with Crippen LogP contribution in [-0.4, -0.2) is 30.5 Å². The van der Waals surface area contributed by atoms with E-state index in [1.807, 2.05) is 0 Å². The first-order chi connectivity index (χ1) is 12.2. The maximum absolute atomic E-state index is 12.4. The number of aromatic nitrogens is 1. The zero-order valence-electron chi connectivity index (χ0n) is 13.7. The zero-order valence-corrected chi connectivity index (χ0v) is 15.3. The van der Waals surface area contributed by atoms with Crippen molar-refractivity contribution in [2.45, 2.75) is 11.8 Å². The van der Waals surface area contributed by atoms with Crippen molar-refractivity contribution < 1.29 is 18.1 Å². The topological polar surface area (TPSA) is 119 Å². The highest BCUT2D eigenvalue weighted by Crippen LogP contribution is 2.30. The third kappa shape index (κ3) is 3.41. The average Bonchev–Trinajstić information content (AvgIpc) is 2.94. The Kier molecular flexibility index (Phi) is 4.46. The van der Waals surface area contributed by atoms with Gasteiger partial charge in [0.1, 0.15) is 5.56 Å². The smallest absolute Gasteiger partial charge is 0.285 e. The van der Waals surface area contributed by atoms with Crippen LogP contribution in [-0.2, 0) is 9.84 Å². The third-order valence-corrected chi connectivity index (χ3v) is 5.72. The number of nitrogens with zero attached hydrogens (tertiary/aromatic N) is 2. The predicted molar refractivity (Wildman–Crippen MR) is 98.5 cm³/mol. The minimum absolute atomic E-state index is 0.0638. The number of nitro benzene ring substituents is 1.